The molecular weight excluding hydrogens is 651 g/mol. The standard InChI is InChI=1S/C35H59N4O9P/c1-10-23(4)32(38(6)35(43)31(36)22(2)3)27(46-7)20-29(40)39-18-14-17-26(39)33(48-9)24(5)34(42)37-28(19-25-15-12-11-13-16-25)49(44,45)21-30(41)47-8/h11-13,15-16,22-24,26-28,31-33H,10,14,17-21,36H2,1-9H3,(H,37,42)(H,44,45)/t23-,24+,26?,27+,28+,31?,32-,33+/m0/s1. The second-order valence-electron chi connectivity index (χ2n) is 13.6. The van der Waals surface area contributed by atoms with Crippen molar-refractivity contribution in [2.24, 2.45) is 23.5 Å². The number of rotatable bonds is 19. The van der Waals surface area contributed by atoms with Crippen molar-refractivity contribution >= 4 is 31.1 Å². The minimum absolute atomic E-state index is 0.00786. The number of ether oxygens (including phenoxy) is 3. The van der Waals surface area contributed by atoms with E-state index in [4.69, 9.17) is 15.2 Å². The lowest BCUT2D eigenvalue weighted by atomic mass is 9.89. The van der Waals surface area contributed by atoms with E-state index in [-0.39, 0.29) is 36.5 Å². The lowest BCUT2D eigenvalue weighted by Gasteiger charge is -2.40. The smallest absolute Gasteiger partial charge is 0.315 e. The molecule has 3 amide bonds. The molecule has 0 radical (unpaired) electrons. The van der Waals surface area contributed by atoms with Gasteiger partial charge in [-0.1, -0.05) is 71.4 Å². The molecule has 1 aliphatic rings. The van der Waals surface area contributed by atoms with Gasteiger partial charge in [-0.2, -0.15) is 0 Å². The first-order valence-electron chi connectivity index (χ1n) is 17.1. The molecule has 1 fully saturated rings. The van der Waals surface area contributed by atoms with Crippen molar-refractivity contribution in [3.05, 3.63) is 35.9 Å². The number of benzene rings is 1. The first-order chi connectivity index (χ1) is 23.0. The van der Waals surface area contributed by atoms with E-state index in [1.54, 1.807) is 48.0 Å². The van der Waals surface area contributed by atoms with Gasteiger partial charge in [0, 0.05) is 34.2 Å². The Bertz CT molecular complexity index is 1280. The normalized spacial score (nSPS) is 20.3. The number of nitrogens with zero attached hydrogens (tertiary/aromatic N) is 2. The fourth-order valence-electron chi connectivity index (χ4n) is 6.61. The maximum atomic E-state index is 14.0. The lowest BCUT2D eigenvalue weighted by Crippen LogP contribution is -2.56. The highest BCUT2D eigenvalue weighted by Gasteiger charge is 2.44. The van der Waals surface area contributed by atoms with Gasteiger partial charge in [-0.15, -0.1) is 0 Å². The molecule has 0 aromatic heterocycles. The molecule has 0 aliphatic carbocycles. The Morgan fingerprint density at radius 2 is 1.71 bits per heavy atom. The van der Waals surface area contributed by atoms with Crippen molar-refractivity contribution in [3.8, 4) is 0 Å². The summed E-state index contributed by atoms with van der Waals surface area (Å²) in [5, 5.41) is 2.72. The average molecular weight is 711 g/mol. The zero-order valence-corrected chi connectivity index (χ0v) is 31.6. The molecule has 0 bridgehead atoms. The van der Waals surface area contributed by atoms with Crippen LogP contribution in [0.2, 0.25) is 0 Å². The van der Waals surface area contributed by atoms with E-state index >= 15 is 0 Å². The summed E-state index contributed by atoms with van der Waals surface area (Å²) in [5.74, 6) is -3.93. The first-order valence-corrected chi connectivity index (χ1v) is 19.1. The van der Waals surface area contributed by atoms with E-state index < -0.39 is 67.4 Å². The van der Waals surface area contributed by atoms with Crippen molar-refractivity contribution < 1.29 is 42.8 Å². The minimum atomic E-state index is -4.26. The number of nitrogens with one attached hydrogen (secondary N) is 1. The van der Waals surface area contributed by atoms with Crippen LogP contribution in [-0.4, -0.2) is 116 Å². The molecule has 0 saturated carbocycles. The van der Waals surface area contributed by atoms with Gasteiger partial charge < -0.3 is 40.0 Å². The SMILES string of the molecule is CC[C@H](C)[C@@H]([C@@H](CC(=O)N1CCCC1[C@H](OC)[C@@H](C)C(=O)N[C@@H](Cc1ccccc1)P(=O)(O)CC(=O)OC)OC)N(C)C(=O)C(N)C(C)C. The Morgan fingerprint density at radius 1 is 1.08 bits per heavy atom. The van der Waals surface area contributed by atoms with E-state index in [2.05, 4.69) is 10.1 Å². The highest BCUT2D eigenvalue weighted by Crippen LogP contribution is 2.46. The highest BCUT2D eigenvalue weighted by atomic mass is 31.2. The maximum Gasteiger partial charge on any atom is 0.315 e. The molecular formula is C35H59N4O9P. The fourth-order valence-corrected chi connectivity index (χ4v) is 8.16. The van der Waals surface area contributed by atoms with Gasteiger partial charge in [0.15, 0.2) is 0 Å². The van der Waals surface area contributed by atoms with Crippen LogP contribution in [-0.2, 0) is 44.4 Å². The van der Waals surface area contributed by atoms with Gasteiger partial charge in [0.1, 0.15) is 11.9 Å². The third kappa shape index (κ3) is 11.3. The molecule has 2 rings (SSSR count). The summed E-state index contributed by atoms with van der Waals surface area (Å²) in [6, 6.07) is 7.37. The topological polar surface area (TPSA) is 178 Å². The number of hydrogen-bond donors (Lipinski definition) is 3. The second-order valence-corrected chi connectivity index (χ2v) is 16.0. The number of amides is 3. The van der Waals surface area contributed by atoms with Crippen LogP contribution in [0.4, 0.5) is 0 Å². The number of likely N-dealkylation sites (tertiary alicyclic amines) is 1. The van der Waals surface area contributed by atoms with Crippen molar-refractivity contribution in [3.63, 3.8) is 0 Å². The summed E-state index contributed by atoms with van der Waals surface area (Å²) >= 11 is 0. The van der Waals surface area contributed by atoms with Gasteiger partial charge in [-0.25, -0.2) is 0 Å². The highest BCUT2D eigenvalue weighted by molar-refractivity contribution is 7.59. The molecule has 3 unspecified atom stereocenters. The Hall–Kier alpha value is -2.83. The van der Waals surface area contributed by atoms with Gasteiger partial charge in [-0.05, 0) is 30.2 Å². The van der Waals surface area contributed by atoms with Gasteiger partial charge in [0.25, 0.3) is 0 Å². The van der Waals surface area contributed by atoms with Gasteiger partial charge >= 0.3 is 5.97 Å². The molecule has 14 heteroatoms. The van der Waals surface area contributed by atoms with E-state index in [0.717, 1.165) is 13.5 Å². The molecule has 1 heterocycles. The predicted octanol–water partition coefficient (Wildman–Crippen LogP) is 3.02. The monoisotopic (exact) mass is 710 g/mol. The summed E-state index contributed by atoms with van der Waals surface area (Å²) in [7, 11) is 1.59. The van der Waals surface area contributed by atoms with Gasteiger partial charge in [0.05, 0.1) is 49.8 Å². The average Bonchev–Trinajstić information content (AvgIpc) is 3.56. The van der Waals surface area contributed by atoms with Crippen molar-refractivity contribution in [1.82, 2.24) is 15.1 Å². The van der Waals surface area contributed by atoms with Gasteiger partial charge in [0.2, 0.25) is 25.1 Å². The Balaban J connectivity index is 2.29. The molecule has 1 saturated heterocycles. The number of carbonyl (C=O) groups excluding carboxylic acids is 4. The third-order valence-electron chi connectivity index (χ3n) is 9.91. The number of carbonyl (C=O) groups is 4. The molecule has 278 valence electrons. The second kappa shape index (κ2) is 19.5. The van der Waals surface area contributed by atoms with Crippen LogP contribution in [0.1, 0.15) is 65.9 Å². The van der Waals surface area contributed by atoms with Crippen LogP contribution in [0.3, 0.4) is 0 Å². The van der Waals surface area contributed by atoms with Crippen LogP contribution in [0.5, 0.6) is 0 Å². The fraction of sp³-hybridized carbons (Fsp3) is 0.714. The van der Waals surface area contributed by atoms with Crippen LogP contribution in [0.25, 0.3) is 0 Å². The largest absolute Gasteiger partial charge is 0.469 e. The summed E-state index contributed by atoms with van der Waals surface area (Å²) in [5.41, 5.74) is 6.92. The molecule has 4 N–H and O–H groups in total. The van der Waals surface area contributed by atoms with Crippen LogP contribution < -0.4 is 11.1 Å². The van der Waals surface area contributed by atoms with E-state index in [9.17, 15) is 28.6 Å². The van der Waals surface area contributed by atoms with Gasteiger partial charge in [-0.3, -0.25) is 23.7 Å². The summed E-state index contributed by atoms with van der Waals surface area (Å²) in [6.07, 6.45) is -0.0308. The zero-order valence-electron chi connectivity index (χ0n) is 30.7. The third-order valence-corrected chi connectivity index (χ3v) is 11.9. The molecule has 1 aromatic carbocycles. The molecule has 9 atom stereocenters. The zero-order chi connectivity index (χ0) is 37.1. The van der Waals surface area contributed by atoms with E-state index in [0.29, 0.717) is 24.9 Å². The summed E-state index contributed by atoms with van der Waals surface area (Å²) in [4.78, 5) is 67.3. The van der Waals surface area contributed by atoms with Crippen molar-refractivity contribution in [2.75, 3.05) is 41.1 Å². The maximum absolute atomic E-state index is 14.0. The quantitative estimate of drug-likeness (QED) is 0.143. The number of likely N-dealkylation sites (N-methyl/N-ethyl adjacent to an activating group) is 1. The van der Waals surface area contributed by atoms with Crippen LogP contribution in [0, 0.1) is 17.8 Å². The Labute approximate surface area is 292 Å². The molecule has 49 heavy (non-hydrogen) atoms. The number of hydrogen-bond acceptors (Lipinski definition) is 9. The molecule has 1 aromatic rings. The van der Waals surface area contributed by atoms with Crippen LogP contribution in [0.15, 0.2) is 30.3 Å². The van der Waals surface area contributed by atoms with Crippen molar-refractivity contribution in [2.45, 2.75) is 103 Å². The van der Waals surface area contributed by atoms with E-state index in [1.807, 2.05) is 33.8 Å². The Morgan fingerprint density at radius 3 is 2.24 bits per heavy atom. The number of esters is 1. The predicted molar refractivity (Wildman–Crippen MR) is 188 cm³/mol. The summed E-state index contributed by atoms with van der Waals surface area (Å²) < 4.78 is 29.8. The number of methoxy groups -OCH3 is 3. The minimum Gasteiger partial charge on any atom is -0.469 e. The molecule has 1 aliphatic heterocycles. The van der Waals surface area contributed by atoms with E-state index in [1.165, 1.54) is 14.2 Å². The van der Waals surface area contributed by atoms with Crippen molar-refractivity contribution in [1.29, 1.82) is 0 Å². The lowest BCUT2D eigenvalue weighted by molar-refractivity contribution is -0.146. The number of nitrogens with two attached hydrogens (primary N) is 1. The Kier molecular flexibility index (Phi) is 16.9. The molecule has 0 spiro atoms. The summed E-state index contributed by atoms with van der Waals surface area (Å²) in [6.45, 7) is 9.93. The first kappa shape index (κ1) is 42.3. The van der Waals surface area contributed by atoms with Crippen LogP contribution >= 0.6 is 7.37 Å². The molecule has 13 nitrogen and oxygen atoms in total.